The summed E-state index contributed by atoms with van der Waals surface area (Å²) < 4.78 is 42.5. The number of ether oxygens (including phenoxy) is 1. The van der Waals surface area contributed by atoms with Crippen molar-refractivity contribution in [3.63, 3.8) is 0 Å². The first kappa shape index (κ1) is 19.3. The average Bonchev–Trinajstić information content (AvgIpc) is 2.91. The van der Waals surface area contributed by atoms with E-state index in [1.54, 1.807) is 4.57 Å². The molecule has 0 radical (unpaired) electrons. The van der Waals surface area contributed by atoms with E-state index in [2.05, 4.69) is 21.6 Å². The number of aromatic amines is 1. The number of nitrogens with one attached hydrogen (secondary N) is 1. The van der Waals surface area contributed by atoms with Crippen molar-refractivity contribution in [2.75, 3.05) is 0 Å². The number of fused-ring (bicyclic) bond motifs is 1. The van der Waals surface area contributed by atoms with Gasteiger partial charge >= 0.3 is 12.1 Å². The molecule has 0 aliphatic rings. The van der Waals surface area contributed by atoms with E-state index < -0.39 is 6.36 Å². The third-order valence-electron chi connectivity index (χ3n) is 4.11. The Morgan fingerprint density at radius 2 is 1.93 bits per heavy atom. The minimum atomic E-state index is -4.76. The number of imidazole rings is 1. The lowest BCUT2D eigenvalue weighted by atomic mass is 10.1. The zero-order valence-corrected chi connectivity index (χ0v) is 15.2. The summed E-state index contributed by atoms with van der Waals surface area (Å²) in [7, 11) is 0. The maximum absolute atomic E-state index is 12.3. The standard InChI is InChI=1S/C18H17ClF3N3O2/c1-2-3-4-9-25-15-14(13(19)10-23-16(15)24-17(25)26)11-5-7-12(8-6-11)27-18(20,21)22/h5-8,10H,2-4,9H2,1H3,(H,23,24,26). The van der Waals surface area contributed by atoms with E-state index in [1.807, 2.05) is 0 Å². The molecule has 1 N–H and O–H groups in total. The normalized spacial score (nSPS) is 11.9. The lowest BCUT2D eigenvalue weighted by Gasteiger charge is -2.12. The van der Waals surface area contributed by atoms with Crippen LogP contribution in [0.15, 0.2) is 35.3 Å². The van der Waals surface area contributed by atoms with Gasteiger partial charge in [0.25, 0.3) is 0 Å². The average molecular weight is 400 g/mol. The molecular weight excluding hydrogens is 383 g/mol. The largest absolute Gasteiger partial charge is 0.573 e. The van der Waals surface area contributed by atoms with Gasteiger partial charge in [-0.1, -0.05) is 43.5 Å². The Labute approximate surface area is 157 Å². The number of nitrogens with zero attached hydrogens (tertiary/aromatic N) is 2. The molecule has 0 bridgehead atoms. The predicted octanol–water partition coefficient (Wildman–Crippen LogP) is 5.13. The summed E-state index contributed by atoms with van der Waals surface area (Å²) in [4.78, 5) is 19.2. The smallest absolute Gasteiger partial charge is 0.406 e. The summed E-state index contributed by atoms with van der Waals surface area (Å²) in [6.45, 7) is 2.56. The van der Waals surface area contributed by atoms with Crippen LogP contribution in [0, 0.1) is 0 Å². The maximum Gasteiger partial charge on any atom is 0.573 e. The summed E-state index contributed by atoms with van der Waals surface area (Å²) in [6, 6.07) is 5.35. The molecule has 0 spiro atoms. The monoisotopic (exact) mass is 399 g/mol. The van der Waals surface area contributed by atoms with E-state index in [0.717, 1.165) is 19.3 Å². The van der Waals surface area contributed by atoms with Gasteiger partial charge in [0.05, 0.1) is 10.5 Å². The van der Waals surface area contributed by atoms with Crippen LogP contribution in [0.2, 0.25) is 5.02 Å². The molecule has 0 fully saturated rings. The predicted molar refractivity (Wildman–Crippen MR) is 97.0 cm³/mol. The molecule has 144 valence electrons. The van der Waals surface area contributed by atoms with Gasteiger partial charge in [-0.15, -0.1) is 13.2 Å². The highest BCUT2D eigenvalue weighted by Gasteiger charge is 2.31. The van der Waals surface area contributed by atoms with E-state index in [-0.39, 0.29) is 11.4 Å². The lowest BCUT2D eigenvalue weighted by molar-refractivity contribution is -0.274. The molecule has 5 nitrogen and oxygen atoms in total. The van der Waals surface area contributed by atoms with Gasteiger partial charge in [-0.25, -0.2) is 9.78 Å². The van der Waals surface area contributed by atoms with Crippen molar-refractivity contribution in [1.82, 2.24) is 14.5 Å². The van der Waals surface area contributed by atoms with Crippen LogP contribution < -0.4 is 10.4 Å². The molecule has 0 saturated heterocycles. The van der Waals surface area contributed by atoms with E-state index in [0.29, 0.717) is 33.9 Å². The van der Waals surface area contributed by atoms with Gasteiger partial charge in [-0.2, -0.15) is 0 Å². The van der Waals surface area contributed by atoms with Crippen molar-refractivity contribution in [2.45, 2.75) is 39.1 Å². The van der Waals surface area contributed by atoms with Gasteiger partial charge in [0.2, 0.25) is 0 Å². The van der Waals surface area contributed by atoms with Crippen LogP contribution in [-0.2, 0) is 6.54 Å². The van der Waals surface area contributed by atoms with Crippen molar-refractivity contribution < 1.29 is 17.9 Å². The molecule has 0 amide bonds. The number of halogens is 4. The highest BCUT2D eigenvalue weighted by Crippen LogP contribution is 2.35. The molecule has 0 atom stereocenters. The third kappa shape index (κ3) is 4.27. The second-order valence-electron chi connectivity index (χ2n) is 6.04. The summed E-state index contributed by atoms with van der Waals surface area (Å²) in [5.74, 6) is -0.331. The van der Waals surface area contributed by atoms with Crippen molar-refractivity contribution in [1.29, 1.82) is 0 Å². The Morgan fingerprint density at radius 3 is 2.56 bits per heavy atom. The molecule has 0 unspecified atom stereocenters. The summed E-state index contributed by atoms with van der Waals surface area (Å²) in [5.41, 5.74) is 1.72. The molecule has 2 aromatic heterocycles. The van der Waals surface area contributed by atoms with Crippen LogP contribution >= 0.6 is 11.6 Å². The summed E-state index contributed by atoms with van der Waals surface area (Å²) >= 11 is 6.32. The molecule has 0 saturated carbocycles. The number of unbranched alkanes of at least 4 members (excludes halogenated alkanes) is 2. The van der Waals surface area contributed by atoms with Crippen molar-refractivity contribution in [3.05, 3.63) is 46.0 Å². The third-order valence-corrected chi connectivity index (χ3v) is 4.40. The van der Waals surface area contributed by atoms with Crippen LogP contribution in [-0.4, -0.2) is 20.9 Å². The van der Waals surface area contributed by atoms with E-state index in [1.165, 1.54) is 30.5 Å². The quantitative estimate of drug-likeness (QED) is 0.584. The highest BCUT2D eigenvalue weighted by atomic mass is 35.5. The van der Waals surface area contributed by atoms with Crippen LogP contribution in [0.25, 0.3) is 22.3 Å². The molecule has 2 heterocycles. The van der Waals surface area contributed by atoms with Crippen molar-refractivity contribution in [2.24, 2.45) is 0 Å². The molecule has 3 aromatic rings. The van der Waals surface area contributed by atoms with Gasteiger partial charge in [0.15, 0.2) is 5.65 Å². The zero-order valence-electron chi connectivity index (χ0n) is 14.4. The number of H-pyrrole nitrogens is 1. The number of benzene rings is 1. The minimum Gasteiger partial charge on any atom is -0.406 e. The maximum atomic E-state index is 12.3. The summed E-state index contributed by atoms with van der Waals surface area (Å²) in [5, 5.41) is 0.301. The van der Waals surface area contributed by atoms with Gasteiger partial charge < -0.3 is 4.74 Å². The second-order valence-corrected chi connectivity index (χ2v) is 6.45. The second kappa shape index (κ2) is 7.64. The molecular formula is C18H17ClF3N3O2. The first-order valence-electron chi connectivity index (χ1n) is 8.43. The number of hydrogen-bond acceptors (Lipinski definition) is 3. The molecule has 27 heavy (non-hydrogen) atoms. The van der Waals surface area contributed by atoms with E-state index >= 15 is 0 Å². The molecule has 9 heteroatoms. The Balaban J connectivity index is 2.07. The first-order valence-corrected chi connectivity index (χ1v) is 8.81. The lowest BCUT2D eigenvalue weighted by Crippen LogP contribution is -2.17. The van der Waals surface area contributed by atoms with E-state index in [4.69, 9.17) is 11.6 Å². The van der Waals surface area contributed by atoms with Gasteiger partial charge in [-0.3, -0.25) is 9.55 Å². The van der Waals surface area contributed by atoms with Crippen LogP contribution in [0.3, 0.4) is 0 Å². The molecule has 0 aliphatic carbocycles. The van der Waals surface area contributed by atoms with E-state index in [9.17, 15) is 18.0 Å². The Morgan fingerprint density at radius 1 is 1.22 bits per heavy atom. The van der Waals surface area contributed by atoms with Crippen LogP contribution in [0.5, 0.6) is 5.75 Å². The number of alkyl halides is 3. The Bertz CT molecular complexity index is 994. The van der Waals surface area contributed by atoms with Crippen molar-refractivity contribution in [3.8, 4) is 16.9 Å². The number of aryl methyl sites for hydroxylation is 1. The molecule has 1 aromatic carbocycles. The minimum absolute atomic E-state index is 0.297. The van der Waals surface area contributed by atoms with Gasteiger partial charge in [-0.05, 0) is 24.1 Å². The fourth-order valence-corrected chi connectivity index (χ4v) is 3.18. The fourth-order valence-electron chi connectivity index (χ4n) is 2.93. The van der Waals surface area contributed by atoms with Crippen LogP contribution in [0.4, 0.5) is 13.2 Å². The summed E-state index contributed by atoms with van der Waals surface area (Å²) in [6.07, 6.45) is -0.571. The van der Waals surface area contributed by atoms with Crippen molar-refractivity contribution >= 4 is 22.8 Å². The van der Waals surface area contributed by atoms with Crippen LogP contribution in [0.1, 0.15) is 26.2 Å². The topological polar surface area (TPSA) is 59.9 Å². The Kier molecular flexibility index (Phi) is 5.46. The SMILES string of the molecule is CCCCCn1c(=O)[nH]c2ncc(Cl)c(-c3ccc(OC(F)(F)F)cc3)c21. The number of aromatic nitrogens is 3. The highest BCUT2D eigenvalue weighted by molar-refractivity contribution is 6.34. The Hall–Kier alpha value is -2.48. The van der Waals surface area contributed by atoms with Gasteiger partial charge in [0.1, 0.15) is 5.75 Å². The number of pyridine rings is 1. The first-order chi connectivity index (χ1) is 12.8. The fraction of sp³-hybridized carbons (Fsp3) is 0.333. The molecule has 3 rings (SSSR count). The zero-order chi connectivity index (χ0) is 19.6. The number of hydrogen-bond donors (Lipinski definition) is 1. The molecule has 0 aliphatic heterocycles. The number of rotatable bonds is 6. The van der Waals surface area contributed by atoms with Gasteiger partial charge in [0, 0.05) is 18.3 Å².